The third-order valence-electron chi connectivity index (χ3n) is 11.7. The van der Waals surface area contributed by atoms with Crippen LogP contribution in [0.15, 0.2) is 126 Å². The van der Waals surface area contributed by atoms with Crippen LogP contribution in [0.5, 0.6) is 0 Å². The number of rotatable bonds is 17. The molecule has 1 saturated heterocycles. The molecule has 2 heterocycles. The van der Waals surface area contributed by atoms with Crippen molar-refractivity contribution in [3.63, 3.8) is 0 Å². The zero-order chi connectivity index (χ0) is 43.3. The lowest BCUT2D eigenvalue weighted by Gasteiger charge is -2.37. The number of aromatic nitrogens is 1. The number of nitrogens with zero attached hydrogens (tertiary/aromatic N) is 5. The van der Waals surface area contributed by atoms with Gasteiger partial charge in [0.2, 0.25) is 0 Å². The van der Waals surface area contributed by atoms with E-state index in [4.69, 9.17) is 11.6 Å². The first-order valence-electron chi connectivity index (χ1n) is 21.1. The van der Waals surface area contributed by atoms with E-state index < -0.39 is 5.97 Å². The normalized spacial score (nSPS) is 14.5. The van der Waals surface area contributed by atoms with E-state index >= 15 is 0 Å². The molecule has 0 amide bonds. The molecule has 320 valence electrons. The van der Waals surface area contributed by atoms with Gasteiger partial charge in [0.15, 0.2) is 0 Å². The van der Waals surface area contributed by atoms with Crippen molar-refractivity contribution in [1.82, 2.24) is 9.47 Å². The van der Waals surface area contributed by atoms with Crippen LogP contribution in [0.25, 0.3) is 22.4 Å². The lowest BCUT2D eigenvalue weighted by atomic mass is 9.96. The summed E-state index contributed by atoms with van der Waals surface area (Å²) in [6.07, 6.45) is 2.90. The van der Waals surface area contributed by atoms with Crippen molar-refractivity contribution in [2.75, 3.05) is 73.0 Å². The number of halogens is 1. The molecule has 2 aliphatic rings. The topological polar surface area (TPSA) is 119 Å². The van der Waals surface area contributed by atoms with Crippen LogP contribution in [0.3, 0.4) is 0 Å². The number of carboxylic acid groups (broad SMARTS) is 1. The molecule has 1 atom stereocenters. The Morgan fingerprint density at radius 1 is 0.855 bits per heavy atom. The first-order chi connectivity index (χ1) is 30.0. The maximum atomic E-state index is 12.9. The molecule has 1 aromatic heterocycles. The van der Waals surface area contributed by atoms with Crippen molar-refractivity contribution >= 4 is 63.5 Å². The predicted octanol–water partition coefficient (Wildman–Crippen LogP) is 11.3. The highest BCUT2D eigenvalue weighted by Gasteiger charge is 2.34. The number of anilines is 5. The average molecular weight is 871 g/mol. The minimum atomic E-state index is -0.923. The van der Waals surface area contributed by atoms with Crippen LogP contribution in [-0.4, -0.2) is 84.1 Å². The van der Waals surface area contributed by atoms with E-state index in [2.05, 4.69) is 66.3 Å². The van der Waals surface area contributed by atoms with Gasteiger partial charge in [0, 0.05) is 94.0 Å². The fourth-order valence-electron chi connectivity index (χ4n) is 8.36. The molecular formula is C49H52ClN7O4S. The zero-order valence-electron chi connectivity index (χ0n) is 35.3. The van der Waals surface area contributed by atoms with Gasteiger partial charge in [0.1, 0.15) is 5.69 Å². The molecule has 1 saturated carbocycles. The zero-order valence-corrected chi connectivity index (χ0v) is 36.8. The highest BCUT2D eigenvalue weighted by atomic mass is 35.5. The number of nitro groups is 1. The van der Waals surface area contributed by atoms with E-state index in [0.29, 0.717) is 22.0 Å². The van der Waals surface area contributed by atoms with Crippen molar-refractivity contribution in [3.05, 3.63) is 148 Å². The number of benzene rings is 5. The van der Waals surface area contributed by atoms with Gasteiger partial charge in [-0.1, -0.05) is 54.1 Å². The summed E-state index contributed by atoms with van der Waals surface area (Å²) in [5.74, 6) is -0.144. The summed E-state index contributed by atoms with van der Waals surface area (Å²) in [6.45, 7) is 6.00. The molecule has 0 unspecified atom stereocenters. The number of hydrogen-bond donors (Lipinski definition) is 3. The van der Waals surface area contributed by atoms with Crippen molar-refractivity contribution in [3.8, 4) is 22.4 Å². The smallest absolute Gasteiger partial charge is 0.338 e. The molecule has 5 aromatic carbocycles. The lowest BCUT2D eigenvalue weighted by molar-refractivity contribution is -0.383. The van der Waals surface area contributed by atoms with E-state index in [1.54, 1.807) is 23.9 Å². The number of carbonyl (C=O) groups is 1. The number of thioether (sulfide) groups is 1. The van der Waals surface area contributed by atoms with Crippen LogP contribution in [0, 0.1) is 17.0 Å². The van der Waals surface area contributed by atoms with Crippen LogP contribution in [-0.2, 0) is 0 Å². The third-order valence-corrected chi connectivity index (χ3v) is 13.1. The van der Waals surface area contributed by atoms with Crippen molar-refractivity contribution in [1.29, 1.82) is 0 Å². The molecular weight excluding hydrogens is 818 g/mol. The standard InChI is InChI=1S/C49H52ClN7O4S/c1-33-46(49(58)59)47(48(56(33)41-21-22-41)34-12-14-36(50)15-13-34)35-8-7-9-42(30-35)55-28-26-54(27-29-55)40-19-16-37(17-20-40)51-38-18-23-44(45(31-38)57(60)61)52-39(24-25-53(2)3)32-62-43-10-5-4-6-11-43/h4-20,23,30-31,39,41,51-52H,21-22,24-29,32H2,1-3H3,(H,58,59)/t39-/m1/s1. The van der Waals surface area contributed by atoms with Gasteiger partial charge in [-0.3, -0.25) is 10.1 Å². The molecule has 1 aliphatic heterocycles. The molecule has 6 aromatic rings. The maximum Gasteiger partial charge on any atom is 0.338 e. The largest absolute Gasteiger partial charge is 0.478 e. The van der Waals surface area contributed by atoms with E-state index in [1.165, 1.54) is 4.90 Å². The summed E-state index contributed by atoms with van der Waals surface area (Å²) in [6, 6.07) is 40.0. The Morgan fingerprint density at radius 3 is 2.18 bits per heavy atom. The summed E-state index contributed by atoms with van der Waals surface area (Å²) in [5, 5.41) is 30.3. The fraction of sp³-hybridized carbons (Fsp3) is 0.286. The summed E-state index contributed by atoms with van der Waals surface area (Å²) in [5.41, 5.74) is 8.83. The second kappa shape index (κ2) is 19.0. The van der Waals surface area contributed by atoms with Gasteiger partial charge in [0.05, 0.1) is 16.2 Å². The number of carboxylic acids is 1. The van der Waals surface area contributed by atoms with Gasteiger partial charge >= 0.3 is 5.97 Å². The molecule has 2 fully saturated rings. The Morgan fingerprint density at radius 2 is 1.53 bits per heavy atom. The van der Waals surface area contributed by atoms with Gasteiger partial charge in [-0.15, -0.1) is 11.8 Å². The average Bonchev–Trinajstić information content (AvgIpc) is 4.07. The second-order valence-electron chi connectivity index (χ2n) is 16.3. The Labute approximate surface area is 372 Å². The Balaban J connectivity index is 0.930. The third kappa shape index (κ3) is 9.88. The lowest BCUT2D eigenvalue weighted by Crippen LogP contribution is -2.46. The van der Waals surface area contributed by atoms with Gasteiger partial charge in [-0.25, -0.2) is 4.79 Å². The molecule has 0 bridgehead atoms. The quantitative estimate of drug-likeness (QED) is 0.0464. The van der Waals surface area contributed by atoms with Gasteiger partial charge < -0.3 is 35.0 Å². The number of nitrogens with one attached hydrogen (secondary N) is 2. The number of hydrogen-bond acceptors (Lipinski definition) is 9. The van der Waals surface area contributed by atoms with Crippen LogP contribution in [0.4, 0.5) is 34.1 Å². The summed E-state index contributed by atoms with van der Waals surface area (Å²) in [7, 11) is 4.07. The molecule has 62 heavy (non-hydrogen) atoms. The van der Waals surface area contributed by atoms with E-state index in [-0.39, 0.29) is 22.7 Å². The second-order valence-corrected chi connectivity index (χ2v) is 17.9. The minimum absolute atomic E-state index is 0.0330. The van der Waals surface area contributed by atoms with Crippen LogP contribution in [0.2, 0.25) is 5.02 Å². The van der Waals surface area contributed by atoms with Gasteiger partial charge in [-0.05, 0) is 131 Å². The van der Waals surface area contributed by atoms with Crippen LogP contribution < -0.4 is 20.4 Å². The molecule has 0 spiro atoms. The van der Waals surface area contributed by atoms with E-state index in [9.17, 15) is 20.0 Å². The molecule has 3 N–H and O–H groups in total. The molecule has 1 aliphatic carbocycles. The summed E-state index contributed by atoms with van der Waals surface area (Å²) < 4.78 is 2.23. The monoisotopic (exact) mass is 869 g/mol. The van der Waals surface area contributed by atoms with Crippen LogP contribution in [0.1, 0.15) is 41.4 Å². The molecule has 13 heteroatoms. The fourth-order valence-corrected chi connectivity index (χ4v) is 9.48. The van der Waals surface area contributed by atoms with Gasteiger partial charge in [-0.2, -0.15) is 0 Å². The molecule has 11 nitrogen and oxygen atoms in total. The highest BCUT2D eigenvalue weighted by Crippen LogP contribution is 2.47. The van der Waals surface area contributed by atoms with Crippen molar-refractivity contribution in [2.24, 2.45) is 0 Å². The van der Waals surface area contributed by atoms with Crippen molar-refractivity contribution in [2.45, 2.75) is 43.2 Å². The SMILES string of the molecule is Cc1c(C(=O)O)c(-c2cccc(N3CCN(c4ccc(Nc5ccc(N[C@H](CCN(C)C)CSc6ccccc6)c([N+](=O)[O-])c5)cc4)CC3)c2)c(-c2ccc(Cl)cc2)n1C1CC1. The van der Waals surface area contributed by atoms with Crippen LogP contribution >= 0.6 is 23.4 Å². The maximum absolute atomic E-state index is 12.9. The Kier molecular flexibility index (Phi) is 13.1. The molecule has 0 radical (unpaired) electrons. The van der Waals surface area contributed by atoms with Crippen molar-refractivity contribution < 1.29 is 14.8 Å². The van der Waals surface area contributed by atoms with Gasteiger partial charge in [0.25, 0.3) is 5.69 Å². The van der Waals surface area contributed by atoms with E-state index in [0.717, 1.165) is 103 Å². The summed E-state index contributed by atoms with van der Waals surface area (Å²) >= 11 is 8.02. The predicted molar refractivity (Wildman–Crippen MR) is 255 cm³/mol. The summed E-state index contributed by atoms with van der Waals surface area (Å²) in [4.78, 5) is 32.9. The number of piperazine rings is 1. The Bertz CT molecular complexity index is 2520. The first kappa shape index (κ1) is 42.7. The Hall–Kier alpha value is -5.95. The molecule has 8 rings (SSSR count). The first-order valence-corrected chi connectivity index (χ1v) is 22.5. The number of aromatic carboxylic acids is 1. The highest BCUT2D eigenvalue weighted by molar-refractivity contribution is 7.99. The van der Waals surface area contributed by atoms with E-state index in [1.807, 2.05) is 93.8 Å². The minimum Gasteiger partial charge on any atom is -0.478 e. The number of nitro benzene ring substituents is 1.